The van der Waals surface area contributed by atoms with Crippen molar-refractivity contribution in [2.24, 2.45) is 0 Å². The van der Waals surface area contributed by atoms with Gasteiger partial charge in [-0.3, -0.25) is 14.5 Å². The molecule has 1 amide bonds. The minimum atomic E-state index is -1.79. The quantitative estimate of drug-likeness (QED) is 0.288. The third-order valence-corrected chi connectivity index (χ3v) is 8.35. The SMILES string of the molecule is N#CC1=C(n2cccc2)N(c2ccccc2F)C2=C(C(=O)CCC2)[C@@]12C(=O)N(Cc1ccccc1F)c1ccccc12. The summed E-state index contributed by atoms with van der Waals surface area (Å²) in [5.74, 6) is -1.50. The van der Waals surface area contributed by atoms with Crippen molar-refractivity contribution in [3.8, 4) is 6.07 Å². The molecule has 1 atom stereocenters. The smallest absolute Gasteiger partial charge is 0.248 e. The molecule has 0 fully saturated rings. The van der Waals surface area contributed by atoms with E-state index in [1.165, 1.54) is 17.0 Å². The highest BCUT2D eigenvalue weighted by molar-refractivity contribution is 6.22. The van der Waals surface area contributed by atoms with Crippen LogP contribution in [0.3, 0.4) is 0 Å². The van der Waals surface area contributed by atoms with E-state index in [9.17, 15) is 19.2 Å². The summed E-state index contributed by atoms with van der Waals surface area (Å²) < 4.78 is 32.1. The Hall–Kier alpha value is -5.29. The number of rotatable bonds is 4. The van der Waals surface area contributed by atoms with E-state index in [4.69, 9.17) is 0 Å². The highest BCUT2D eigenvalue weighted by Gasteiger charge is 2.62. The fraction of sp³-hybridized carbons (Fsp3) is 0.147. The van der Waals surface area contributed by atoms with Crippen molar-refractivity contribution in [3.63, 3.8) is 0 Å². The Labute approximate surface area is 241 Å². The Kier molecular flexibility index (Phi) is 5.91. The molecule has 1 aromatic heterocycles. The van der Waals surface area contributed by atoms with Crippen LogP contribution in [0.5, 0.6) is 0 Å². The van der Waals surface area contributed by atoms with Gasteiger partial charge in [0, 0.05) is 46.9 Å². The Morgan fingerprint density at radius 2 is 1.48 bits per heavy atom. The molecule has 6 nitrogen and oxygen atoms in total. The predicted molar refractivity (Wildman–Crippen MR) is 154 cm³/mol. The van der Waals surface area contributed by atoms with Crippen molar-refractivity contribution in [2.45, 2.75) is 31.2 Å². The first-order chi connectivity index (χ1) is 20.5. The molecule has 2 aliphatic heterocycles. The first kappa shape index (κ1) is 25.7. The number of carbonyl (C=O) groups is 2. The number of para-hydroxylation sites is 2. The van der Waals surface area contributed by atoms with Crippen molar-refractivity contribution in [3.05, 3.63) is 137 Å². The maximum absolute atomic E-state index is 15.5. The van der Waals surface area contributed by atoms with Crippen LogP contribution in [0.1, 0.15) is 30.4 Å². The fourth-order valence-electron chi connectivity index (χ4n) is 6.65. The summed E-state index contributed by atoms with van der Waals surface area (Å²) in [7, 11) is 0. The number of amides is 1. The summed E-state index contributed by atoms with van der Waals surface area (Å²) in [6.45, 7) is -0.0876. The largest absolute Gasteiger partial charge is 0.309 e. The van der Waals surface area contributed by atoms with Crippen molar-refractivity contribution in [1.29, 1.82) is 5.26 Å². The Morgan fingerprint density at radius 1 is 0.810 bits per heavy atom. The van der Waals surface area contributed by atoms with Crippen LogP contribution in [0.2, 0.25) is 0 Å². The maximum Gasteiger partial charge on any atom is 0.248 e. The molecule has 0 bridgehead atoms. The van der Waals surface area contributed by atoms with Gasteiger partial charge in [-0.15, -0.1) is 0 Å². The number of fused-ring (bicyclic) bond motifs is 3. The lowest BCUT2D eigenvalue weighted by molar-refractivity contribution is -0.124. The van der Waals surface area contributed by atoms with Gasteiger partial charge in [0.2, 0.25) is 5.91 Å². The molecule has 0 saturated heterocycles. The number of allylic oxidation sites excluding steroid dienone is 1. The molecule has 206 valence electrons. The lowest BCUT2D eigenvalue weighted by Gasteiger charge is -2.45. The van der Waals surface area contributed by atoms with Gasteiger partial charge in [-0.1, -0.05) is 48.5 Å². The van der Waals surface area contributed by atoms with Gasteiger partial charge in [-0.2, -0.15) is 5.26 Å². The van der Waals surface area contributed by atoms with Crippen LogP contribution >= 0.6 is 0 Å². The molecule has 0 radical (unpaired) electrons. The second kappa shape index (κ2) is 9.67. The van der Waals surface area contributed by atoms with Crippen molar-refractivity contribution in [1.82, 2.24) is 4.57 Å². The van der Waals surface area contributed by atoms with Gasteiger partial charge in [-0.25, -0.2) is 8.78 Å². The molecule has 0 unspecified atom stereocenters. The van der Waals surface area contributed by atoms with Crippen molar-refractivity contribution in [2.75, 3.05) is 9.80 Å². The molecule has 3 aliphatic rings. The zero-order chi connectivity index (χ0) is 29.0. The Balaban J connectivity index is 1.58. The highest BCUT2D eigenvalue weighted by atomic mass is 19.1. The van der Waals surface area contributed by atoms with Gasteiger partial charge in [0.1, 0.15) is 28.9 Å². The van der Waals surface area contributed by atoms with Crippen LogP contribution in [-0.2, 0) is 21.5 Å². The second-order valence-corrected chi connectivity index (χ2v) is 10.5. The summed E-state index contributed by atoms with van der Waals surface area (Å²) in [5.41, 5.74) is 0.326. The number of Topliss-reactive ketones (excluding diaryl/α,β-unsaturated/α-hetero) is 1. The molecule has 3 aromatic carbocycles. The van der Waals surface area contributed by atoms with Crippen LogP contribution in [0, 0.1) is 23.0 Å². The zero-order valence-electron chi connectivity index (χ0n) is 22.4. The van der Waals surface area contributed by atoms with Crippen LogP contribution in [0.15, 0.2) is 114 Å². The van der Waals surface area contributed by atoms with Crippen molar-refractivity contribution < 1.29 is 18.4 Å². The number of nitrogens with zero attached hydrogens (tertiary/aromatic N) is 4. The number of benzene rings is 3. The predicted octanol–water partition coefficient (Wildman–Crippen LogP) is 6.47. The third-order valence-electron chi connectivity index (χ3n) is 8.35. The van der Waals surface area contributed by atoms with Crippen LogP contribution in [0.25, 0.3) is 5.82 Å². The molecule has 7 rings (SSSR count). The lowest BCUT2D eigenvalue weighted by Crippen LogP contribution is -2.51. The van der Waals surface area contributed by atoms with Crippen LogP contribution in [-0.4, -0.2) is 16.3 Å². The van der Waals surface area contributed by atoms with E-state index < -0.39 is 23.0 Å². The average Bonchev–Trinajstić information content (AvgIpc) is 3.61. The van der Waals surface area contributed by atoms with E-state index in [0.29, 0.717) is 35.4 Å². The first-order valence-electron chi connectivity index (χ1n) is 13.7. The van der Waals surface area contributed by atoms with Gasteiger partial charge in [0.25, 0.3) is 0 Å². The standard InChI is InChI=1S/C34H24F2N4O2/c35-25-12-3-1-10-22(25)21-39-27-14-5-2-11-23(27)34(33(39)42)24(20-37)32(38-18-7-8-19-38)40(28-15-6-4-13-26(28)36)29-16-9-17-30(41)31(29)34/h1-8,10-15,18-19H,9,16-17,21H2/t34-/m0/s1. The van der Waals surface area contributed by atoms with Gasteiger partial charge in [-0.05, 0) is 49.2 Å². The number of nitriles is 1. The average molecular weight is 559 g/mol. The molecular formula is C34H24F2N4O2. The van der Waals surface area contributed by atoms with Gasteiger partial charge >= 0.3 is 0 Å². The zero-order valence-corrected chi connectivity index (χ0v) is 22.4. The molecule has 8 heteroatoms. The number of aromatic nitrogens is 1. The third kappa shape index (κ3) is 3.46. The highest BCUT2D eigenvalue weighted by Crippen LogP contribution is 2.58. The molecule has 42 heavy (non-hydrogen) atoms. The minimum absolute atomic E-state index is 0.00411. The van der Waals surface area contributed by atoms with Crippen molar-refractivity contribution >= 4 is 28.9 Å². The van der Waals surface area contributed by atoms with Gasteiger partial charge < -0.3 is 9.47 Å². The number of hydrogen-bond acceptors (Lipinski definition) is 4. The Bertz CT molecular complexity index is 1890. The molecule has 1 aliphatic carbocycles. The topological polar surface area (TPSA) is 69.3 Å². The summed E-state index contributed by atoms with van der Waals surface area (Å²) in [6.07, 6.45) is 4.55. The van der Waals surface area contributed by atoms with E-state index in [-0.39, 0.29) is 41.4 Å². The van der Waals surface area contributed by atoms with Gasteiger partial charge in [0.05, 0.1) is 17.8 Å². The summed E-state index contributed by atoms with van der Waals surface area (Å²) in [6, 6.07) is 25.3. The van der Waals surface area contributed by atoms with E-state index in [0.717, 1.165) is 0 Å². The molecule has 0 saturated carbocycles. The van der Waals surface area contributed by atoms with E-state index in [1.807, 2.05) is 0 Å². The number of anilines is 2. The summed E-state index contributed by atoms with van der Waals surface area (Å²) >= 11 is 0. The molecule has 4 aromatic rings. The van der Waals surface area contributed by atoms with E-state index in [1.54, 1.807) is 94.7 Å². The lowest BCUT2D eigenvalue weighted by atomic mass is 9.63. The number of halogens is 2. The Morgan fingerprint density at radius 3 is 2.19 bits per heavy atom. The fourth-order valence-corrected chi connectivity index (χ4v) is 6.65. The summed E-state index contributed by atoms with van der Waals surface area (Å²) in [5, 5.41) is 11.0. The normalized spacial score (nSPS) is 19.8. The monoisotopic (exact) mass is 558 g/mol. The van der Waals surface area contributed by atoms with Gasteiger partial charge in [0.15, 0.2) is 5.78 Å². The molecule has 0 N–H and O–H groups in total. The molecular weight excluding hydrogens is 534 g/mol. The first-order valence-corrected chi connectivity index (χ1v) is 13.7. The minimum Gasteiger partial charge on any atom is -0.309 e. The maximum atomic E-state index is 15.5. The molecule has 3 heterocycles. The van der Waals surface area contributed by atoms with E-state index >= 15 is 4.39 Å². The number of ketones is 1. The van der Waals surface area contributed by atoms with E-state index in [2.05, 4.69) is 6.07 Å². The number of carbonyl (C=O) groups excluding carboxylic acids is 2. The molecule has 1 spiro atoms. The number of hydrogen-bond donors (Lipinski definition) is 0. The second-order valence-electron chi connectivity index (χ2n) is 10.5. The van der Waals surface area contributed by atoms with Crippen LogP contribution < -0.4 is 9.80 Å². The summed E-state index contributed by atoms with van der Waals surface area (Å²) in [4.78, 5) is 32.1. The van der Waals surface area contributed by atoms with Crippen LogP contribution in [0.4, 0.5) is 20.2 Å².